The van der Waals surface area contributed by atoms with E-state index in [0.717, 1.165) is 0 Å². The maximum Gasteiger partial charge on any atom is 0.314 e. The molecule has 18 heavy (non-hydrogen) atoms. The van der Waals surface area contributed by atoms with Gasteiger partial charge in [0.1, 0.15) is 0 Å². The van der Waals surface area contributed by atoms with E-state index in [1.165, 1.54) is 0 Å². The van der Waals surface area contributed by atoms with Crippen molar-refractivity contribution in [3.63, 3.8) is 0 Å². The summed E-state index contributed by atoms with van der Waals surface area (Å²) in [4.78, 5) is 22.3. The summed E-state index contributed by atoms with van der Waals surface area (Å²) in [7, 11) is 0. The van der Waals surface area contributed by atoms with Crippen LogP contribution in [0.1, 0.15) is 67.7 Å². The Hall–Kier alpha value is -1.06. The Morgan fingerprint density at radius 2 is 1.83 bits per heavy atom. The molecule has 108 valence electrons. The van der Waals surface area contributed by atoms with Gasteiger partial charge in [-0.05, 0) is 20.3 Å². The molecular weight excluding hydrogens is 232 g/mol. The zero-order valence-corrected chi connectivity index (χ0v) is 12.8. The highest BCUT2D eigenvalue weighted by molar-refractivity contribution is 5.77. The predicted molar refractivity (Wildman–Crippen MR) is 72.0 cm³/mol. The molecule has 0 spiro atoms. The molecule has 0 bridgehead atoms. The molecule has 1 aliphatic rings. The summed E-state index contributed by atoms with van der Waals surface area (Å²) >= 11 is 0. The summed E-state index contributed by atoms with van der Waals surface area (Å²) in [5.74, 6) is -0.600. The fourth-order valence-electron chi connectivity index (χ4n) is 1.01. The van der Waals surface area contributed by atoms with Crippen molar-refractivity contribution in [3.8, 4) is 0 Å². The van der Waals surface area contributed by atoms with Crippen LogP contribution in [0.2, 0.25) is 0 Å². The number of rotatable bonds is 3. The van der Waals surface area contributed by atoms with Crippen LogP contribution in [0, 0.1) is 5.41 Å². The molecule has 1 rings (SSSR count). The Morgan fingerprint density at radius 3 is 2.17 bits per heavy atom. The van der Waals surface area contributed by atoms with Crippen LogP contribution >= 0.6 is 0 Å². The van der Waals surface area contributed by atoms with Crippen molar-refractivity contribution in [1.82, 2.24) is 0 Å². The van der Waals surface area contributed by atoms with Crippen molar-refractivity contribution < 1.29 is 19.1 Å². The van der Waals surface area contributed by atoms with E-state index in [1.54, 1.807) is 0 Å². The van der Waals surface area contributed by atoms with Gasteiger partial charge in [0.2, 0.25) is 6.29 Å². The average Bonchev–Trinajstić information content (AvgIpc) is 2.79. The number of hydrogen-bond donors (Lipinski definition) is 0. The zero-order valence-electron chi connectivity index (χ0n) is 12.8. The predicted octanol–water partition coefficient (Wildman–Crippen LogP) is 3.68. The lowest BCUT2D eigenvalue weighted by atomic mass is 9.91. The second kappa shape index (κ2) is 9.92. The molecule has 1 saturated heterocycles. The van der Waals surface area contributed by atoms with Crippen LogP contribution < -0.4 is 0 Å². The first-order chi connectivity index (χ1) is 8.45. The third-order valence-electron chi connectivity index (χ3n) is 2.52. The van der Waals surface area contributed by atoms with E-state index in [2.05, 4.69) is 0 Å². The van der Waals surface area contributed by atoms with Crippen molar-refractivity contribution in [2.24, 2.45) is 5.41 Å². The summed E-state index contributed by atoms with van der Waals surface area (Å²) in [6.07, 6.45) is 0.849. The molecule has 0 saturated carbocycles. The number of carbonyl (C=O) groups is 2. The molecule has 0 aromatic rings. The van der Waals surface area contributed by atoms with Crippen molar-refractivity contribution in [2.75, 3.05) is 0 Å². The standard InChI is InChI=1S/C10H16O4.2C2H6/c1-4-10(2,3)9(12)14-8-6-5-7(11)13-8;2*1-2/h8H,4-6H2,1-3H3;2*1-2H3. The van der Waals surface area contributed by atoms with E-state index < -0.39 is 11.7 Å². The first kappa shape index (κ1) is 19.3. The van der Waals surface area contributed by atoms with E-state index >= 15 is 0 Å². The van der Waals surface area contributed by atoms with Gasteiger partial charge in [-0.1, -0.05) is 34.6 Å². The van der Waals surface area contributed by atoms with Crippen LogP contribution in [-0.4, -0.2) is 18.2 Å². The molecule has 1 atom stereocenters. The van der Waals surface area contributed by atoms with Gasteiger partial charge in [-0.2, -0.15) is 0 Å². The maximum atomic E-state index is 11.5. The zero-order chi connectivity index (χ0) is 14.8. The van der Waals surface area contributed by atoms with Gasteiger partial charge >= 0.3 is 11.9 Å². The molecule has 1 heterocycles. The topological polar surface area (TPSA) is 52.6 Å². The minimum Gasteiger partial charge on any atom is -0.425 e. The number of carbonyl (C=O) groups excluding carboxylic acids is 2. The first-order valence-corrected chi connectivity index (χ1v) is 6.86. The summed E-state index contributed by atoms with van der Waals surface area (Å²) < 4.78 is 9.85. The van der Waals surface area contributed by atoms with Gasteiger partial charge in [0.15, 0.2) is 0 Å². The van der Waals surface area contributed by atoms with Gasteiger partial charge in [0.25, 0.3) is 0 Å². The van der Waals surface area contributed by atoms with E-state index in [9.17, 15) is 9.59 Å². The quantitative estimate of drug-likeness (QED) is 0.726. The molecule has 0 aromatic carbocycles. The summed E-state index contributed by atoms with van der Waals surface area (Å²) in [5, 5.41) is 0. The van der Waals surface area contributed by atoms with Crippen LogP contribution in [0.5, 0.6) is 0 Å². The van der Waals surface area contributed by atoms with Crippen molar-refractivity contribution in [3.05, 3.63) is 0 Å². The molecule has 0 amide bonds. The van der Waals surface area contributed by atoms with Crippen LogP contribution in [0.3, 0.4) is 0 Å². The number of cyclic esters (lactones) is 1. The minimum atomic E-state index is -0.666. The largest absolute Gasteiger partial charge is 0.425 e. The third kappa shape index (κ3) is 6.62. The van der Waals surface area contributed by atoms with Gasteiger partial charge < -0.3 is 9.47 Å². The van der Waals surface area contributed by atoms with E-state index in [0.29, 0.717) is 19.3 Å². The van der Waals surface area contributed by atoms with Crippen LogP contribution in [0.4, 0.5) is 0 Å². The number of esters is 2. The molecule has 1 aliphatic heterocycles. The first-order valence-electron chi connectivity index (χ1n) is 6.86. The monoisotopic (exact) mass is 260 g/mol. The van der Waals surface area contributed by atoms with Gasteiger partial charge in [-0.15, -0.1) is 0 Å². The molecule has 0 aliphatic carbocycles. The van der Waals surface area contributed by atoms with Gasteiger partial charge in [0.05, 0.1) is 11.8 Å². The van der Waals surface area contributed by atoms with Crippen molar-refractivity contribution >= 4 is 11.9 Å². The van der Waals surface area contributed by atoms with Gasteiger partial charge in [-0.25, -0.2) is 0 Å². The Kier molecular flexibility index (Phi) is 10.6. The molecule has 0 N–H and O–H groups in total. The fourth-order valence-corrected chi connectivity index (χ4v) is 1.01. The Morgan fingerprint density at radius 1 is 1.33 bits per heavy atom. The highest BCUT2D eigenvalue weighted by Gasteiger charge is 2.33. The SMILES string of the molecule is CC.CC.CCC(C)(C)C(=O)OC1CCC(=O)O1. The Balaban J connectivity index is 0. The van der Waals surface area contributed by atoms with Crippen molar-refractivity contribution in [2.45, 2.75) is 74.0 Å². The van der Waals surface area contributed by atoms with Gasteiger partial charge in [0, 0.05) is 6.42 Å². The molecular formula is C14H28O4. The van der Waals surface area contributed by atoms with Crippen molar-refractivity contribution in [1.29, 1.82) is 0 Å². The van der Waals surface area contributed by atoms with E-state index in [-0.39, 0.29) is 11.9 Å². The summed E-state index contributed by atoms with van der Waals surface area (Å²) in [6.45, 7) is 13.5. The normalized spacial score (nSPS) is 17.7. The minimum absolute atomic E-state index is 0.294. The smallest absolute Gasteiger partial charge is 0.314 e. The maximum absolute atomic E-state index is 11.5. The van der Waals surface area contributed by atoms with Gasteiger partial charge in [-0.3, -0.25) is 9.59 Å². The molecule has 0 aromatic heterocycles. The number of ether oxygens (including phenoxy) is 2. The molecule has 4 heteroatoms. The number of hydrogen-bond acceptors (Lipinski definition) is 4. The molecule has 1 fully saturated rings. The highest BCUT2D eigenvalue weighted by Crippen LogP contribution is 2.24. The Labute approximate surface area is 111 Å². The van der Waals surface area contributed by atoms with E-state index in [4.69, 9.17) is 9.47 Å². The molecule has 0 radical (unpaired) electrons. The third-order valence-corrected chi connectivity index (χ3v) is 2.52. The van der Waals surface area contributed by atoms with Crippen LogP contribution in [-0.2, 0) is 19.1 Å². The fraction of sp³-hybridized carbons (Fsp3) is 0.857. The summed E-state index contributed by atoms with van der Waals surface area (Å²) in [6, 6.07) is 0. The second-order valence-corrected chi connectivity index (χ2v) is 4.10. The lowest BCUT2D eigenvalue weighted by molar-refractivity contribution is -0.184. The Bertz CT molecular complexity index is 246. The summed E-state index contributed by atoms with van der Waals surface area (Å²) in [5.41, 5.74) is -0.505. The lowest BCUT2D eigenvalue weighted by Gasteiger charge is -2.22. The lowest BCUT2D eigenvalue weighted by Crippen LogP contribution is -2.30. The molecule has 4 nitrogen and oxygen atoms in total. The average molecular weight is 260 g/mol. The molecule has 1 unspecified atom stereocenters. The van der Waals surface area contributed by atoms with E-state index in [1.807, 2.05) is 48.5 Å². The second-order valence-electron chi connectivity index (χ2n) is 4.10. The highest BCUT2D eigenvalue weighted by atomic mass is 16.7. The van der Waals surface area contributed by atoms with Crippen LogP contribution in [0.15, 0.2) is 0 Å². The van der Waals surface area contributed by atoms with Crippen LogP contribution in [0.25, 0.3) is 0 Å².